The molecule has 4 aliphatic carbocycles. The van der Waals surface area contributed by atoms with Gasteiger partial charge in [0.2, 0.25) is 0 Å². The summed E-state index contributed by atoms with van der Waals surface area (Å²) in [5.41, 5.74) is -4.04. The van der Waals surface area contributed by atoms with Crippen LogP contribution in [0.3, 0.4) is 0 Å². The molecule has 0 saturated heterocycles. The summed E-state index contributed by atoms with van der Waals surface area (Å²) < 4.78 is 31.8. The average Bonchev–Trinajstić information content (AvgIpc) is 2.95. The second-order valence-corrected chi connectivity index (χ2v) is 9.20. The van der Waals surface area contributed by atoms with E-state index in [2.05, 4.69) is 0 Å². The number of fused-ring (bicyclic) bond motifs is 5. The molecule has 2 N–H and O–H groups in total. The quantitative estimate of drug-likeness (QED) is 0.772. The van der Waals surface area contributed by atoms with Gasteiger partial charge in [-0.25, -0.2) is 8.78 Å². The summed E-state index contributed by atoms with van der Waals surface area (Å²) in [5.74, 6) is -2.11. The van der Waals surface area contributed by atoms with E-state index in [0.29, 0.717) is 12.8 Å². The second kappa shape index (κ2) is 5.80. The Hall–Kier alpha value is -1.40. The first-order valence-corrected chi connectivity index (χ1v) is 9.69. The van der Waals surface area contributed by atoms with Crippen molar-refractivity contribution in [2.45, 2.75) is 57.5 Å². The predicted molar refractivity (Wildman–Crippen MR) is 94.2 cm³/mol. The largest absolute Gasteiger partial charge is 0.390 e. The molecule has 3 fully saturated rings. The summed E-state index contributed by atoms with van der Waals surface area (Å²) in [7, 11) is 0. The molecule has 0 aliphatic heterocycles. The molecule has 0 aromatic rings. The van der Waals surface area contributed by atoms with Crippen LogP contribution in [0.2, 0.25) is 0 Å². The Morgan fingerprint density at radius 2 is 2.00 bits per heavy atom. The van der Waals surface area contributed by atoms with Crippen molar-refractivity contribution in [2.75, 3.05) is 6.61 Å². The van der Waals surface area contributed by atoms with Gasteiger partial charge in [0, 0.05) is 17.3 Å². The van der Waals surface area contributed by atoms with E-state index < -0.39 is 47.2 Å². The number of hydrogen-bond donors (Lipinski definition) is 2. The summed E-state index contributed by atoms with van der Waals surface area (Å²) in [6, 6.07) is 0. The van der Waals surface area contributed by atoms with Gasteiger partial charge >= 0.3 is 0 Å². The zero-order valence-corrected chi connectivity index (χ0v) is 15.6. The van der Waals surface area contributed by atoms with E-state index in [4.69, 9.17) is 0 Å². The van der Waals surface area contributed by atoms with Crippen LogP contribution in [0.1, 0.15) is 39.5 Å². The summed E-state index contributed by atoms with van der Waals surface area (Å²) in [6.45, 7) is 2.86. The Balaban J connectivity index is 1.81. The Morgan fingerprint density at radius 3 is 2.67 bits per heavy atom. The van der Waals surface area contributed by atoms with E-state index in [1.54, 1.807) is 6.92 Å². The molecule has 0 bridgehead atoms. The highest BCUT2D eigenvalue weighted by molar-refractivity contribution is 6.01. The van der Waals surface area contributed by atoms with Crippen LogP contribution in [0.4, 0.5) is 8.78 Å². The molecule has 0 amide bonds. The fourth-order valence-electron chi connectivity index (χ4n) is 6.84. The highest BCUT2D eigenvalue weighted by atomic mass is 19.1. The Kier molecular flexibility index (Phi) is 4.07. The summed E-state index contributed by atoms with van der Waals surface area (Å²) in [5, 5.41) is 20.3. The maximum atomic E-state index is 16.7. The summed E-state index contributed by atoms with van der Waals surface area (Å²) in [4.78, 5) is 24.0. The minimum Gasteiger partial charge on any atom is -0.390 e. The number of aliphatic hydroxyl groups is 2. The zero-order chi connectivity index (χ0) is 19.8. The van der Waals surface area contributed by atoms with Crippen molar-refractivity contribution in [1.82, 2.24) is 0 Å². The Bertz CT molecular complexity index is 761. The fraction of sp³-hybridized carbons (Fsp3) is 0.714. The van der Waals surface area contributed by atoms with Gasteiger partial charge in [-0.1, -0.05) is 13.0 Å². The van der Waals surface area contributed by atoms with Crippen molar-refractivity contribution in [3.63, 3.8) is 0 Å². The molecule has 4 rings (SSSR count). The van der Waals surface area contributed by atoms with Gasteiger partial charge in [-0.05, 0) is 61.7 Å². The first-order valence-electron chi connectivity index (χ1n) is 9.69. The number of aliphatic hydroxyl groups excluding tert-OH is 2. The Morgan fingerprint density at radius 1 is 1.30 bits per heavy atom. The van der Waals surface area contributed by atoms with Gasteiger partial charge in [0.05, 0.1) is 6.10 Å². The molecule has 0 spiro atoms. The number of alkyl halides is 2. The topological polar surface area (TPSA) is 74.6 Å². The maximum absolute atomic E-state index is 16.7. The second-order valence-electron chi connectivity index (χ2n) is 9.20. The lowest BCUT2D eigenvalue weighted by Crippen LogP contribution is -2.68. The number of rotatable bonds is 2. The van der Waals surface area contributed by atoms with Crippen molar-refractivity contribution < 1.29 is 28.6 Å². The first-order chi connectivity index (χ1) is 12.6. The lowest BCUT2D eigenvalue weighted by atomic mass is 9.45. The SMILES string of the molecule is C[C@]12C[C@H](O)[C@@]3(F)C(C[C@H](F)C4=CC(=O)C=C[C@@]43C)C1CCC2C(=O)CO. The van der Waals surface area contributed by atoms with E-state index >= 15 is 8.78 Å². The molecular formula is C21H26F2O4. The van der Waals surface area contributed by atoms with Crippen molar-refractivity contribution >= 4 is 11.6 Å². The zero-order valence-electron chi connectivity index (χ0n) is 15.6. The molecule has 0 aromatic heterocycles. The van der Waals surface area contributed by atoms with E-state index in [0.717, 1.165) is 0 Å². The van der Waals surface area contributed by atoms with E-state index in [-0.39, 0.29) is 35.9 Å². The summed E-state index contributed by atoms with van der Waals surface area (Å²) >= 11 is 0. The van der Waals surface area contributed by atoms with Crippen LogP contribution in [0.5, 0.6) is 0 Å². The van der Waals surface area contributed by atoms with Gasteiger partial charge in [0.15, 0.2) is 17.2 Å². The molecule has 0 radical (unpaired) electrons. The van der Waals surface area contributed by atoms with E-state index in [1.165, 1.54) is 18.2 Å². The van der Waals surface area contributed by atoms with E-state index in [1.807, 2.05) is 6.92 Å². The van der Waals surface area contributed by atoms with Crippen LogP contribution < -0.4 is 0 Å². The third-order valence-corrected chi connectivity index (χ3v) is 8.17. The van der Waals surface area contributed by atoms with Gasteiger partial charge in [-0.2, -0.15) is 0 Å². The third-order valence-electron chi connectivity index (χ3n) is 8.17. The van der Waals surface area contributed by atoms with Crippen molar-refractivity contribution in [3.05, 3.63) is 23.8 Å². The molecule has 6 heteroatoms. The molecule has 3 saturated carbocycles. The standard InChI is InChI=1S/C21H26F2O4/c1-19-9-18(27)21(23)14(12(19)3-4-13(19)17(26)10-24)8-16(22)15-7-11(25)5-6-20(15,21)2/h5-7,12-14,16,18,24,27H,3-4,8-10H2,1-2H3/t12?,13?,14?,16-,18-,19-,20-,21-/m0/s1. The molecule has 148 valence electrons. The average molecular weight is 380 g/mol. The minimum absolute atomic E-state index is 0.0860. The van der Waals surface area contributed by atoms with E-state index in [9.17, 15) is 19.8 Å². The van der Waals surface area contributed by atoms with Gasteiger partial charge < -0.3 is 10.2 Å². The highest BCUT2D eigenvalue weighted by Gasteiger charge is 2.72. The van der Waals surface area contributed by atoms with Crippen LogP contribution in [0, 0.1) is 28.6 Å². The molecule has 0 heterocycles. The fourth-order valence-corrected chi connectivity index (χ4v) is 6.84. The number of Topliss-reactive ketones (excluding diaryl/α,β-unsaturated/α-hetero) is 1. The lowest BCUT2D eigenvalue weighted by molar-refractivity contribution is -0.202. The van der Waals surface area contributed by atoms with Gasteiger partial charge in [-0.15, -0.1) is 0 Å². The number of hydrogen-bond acceptors (Lipinski definition) is 4. The molecule has 0 aromatic carbocycles. The highest BCUT2D eigenvalue weighted by Crippen LogP contribution is 2.69. The number of ketones is 2. The number of carbonyl (C=O) groups is 2. The van der Waals surface area contributed by atoms with Crippen LogP contribution >= 0.6 is 0 Å². The Labute approximate surface area is 157 Å². The van der Waals surface area contributed by atoms with Gasteiger partial charge in [0.25, 0.3) is 0 Å². The van der Waals surface area contributed by atoms with Gasteiger partial charge in [-0.3, -0.25) is 9.59 Å². The van der Waals surface area contributed by atoms with Crippen LogP contribution in [-0.4, -0.2) is 46.3 Å². The van der Waals surface area contributed by atoms with Crippen LogP contribution in [-0.2, 0) is 9.59 Å². The molecular weight excluding hydrogens is 354 g/mol. The smallest absolute Gasteiger partial charge is 0.178 e. The minimum atomic E-state index is -2.10. The molecule has 8 atom stereocenters. The van der Waals surface area contributed by atoms with Gasteiger partial charge in [0.1, 0.15) is 12.8 Å². The number of allylic oxidation sites excluding steroid dienone is 4. The number of carbonyl (C=O) groups excluding carboxylic acids is 2. The first kappa shape index (κ1) is 18.9. The summed E-state index contributed by atoms with van der Waals surface area (Å²) in [6.07, 6.45) is 2.09. The van der Waals surface area contributed by atoms with Crippen molar-refractivity contribution in [2.24, 2.45) is 28.6 Å². The van der Waals surface area contributed by atoms with Crippen molar-refractivity contribution in [3.8, 4) is 0 Å². The maximum Gasteiger partial charge on any atom is 0.178 e. The lowest BCUT2D eigenvalue weighted by Gasteiger charge is -2.62. The normalized spacial score (nSPS) is 51.3. The molecule has 4 aliphatic rings. The van der Waals surface area contributed by atoms with Crippen LogP contribution in [0.25, 0.3) is 0 Å². The molecule has 4 nitrogen and oxygen atoms in total. The number of halogens is 2. The molecule has 27 heavy (non-hydrogen) atoms. The third kappa shape index (κ3) is 2.20. The van der Waals surface area contributed by atoms with Crippen LogP contribution in [0.15, 0.2) is 23.8 Å². The monoisotopic (exact) mass is 380 g/mol. The molecule has 3 unspecified atom stereocenters. The predicted octanol–water partition coefficient (Wildman–Crippen LogP) is 2.48. The van der Waals surface area contributed by atoms with Crippen molar-refractivity contribution in [1.29, 1.82) is 0 Å².